The smallest absolute Gasteiger partial charge is 0.224 e. The van der Waals surface area contributed by atoms with E-state index in [4.69, 9.17) is 0 Å². The Kier molecular flexibility index (Phi) is 3.84. The van der Waals surface area contributed by atoms with Crippen LogP contribution in [0.3, 0.4) is 0 Å². The lowest BCUT2D eigenvalue weighted by molar-refractivity contribution is -0.534. The molecule has 80 valence electrons. The van der Waals surface area contributed by atoms with Gasteiger partial charge in [0.1, 0.15) is 13.1 Å². The van der Waals surface area contributed by atoms with E-state index in [1.165, 1.54) is 43.0 Å². The number of rotatable bonds is 1. The summed E-state index contributed by atoms with van der Waals surface area (Å²) in [6.07, 6.45) is 6.26. The Morgan fingerprint density at radius 2 is 1.73 bits per heavy atom. The molecule has 1 saturated heterocycles. The van der Waals surface area contributed by atoms with Crippen LogP contribution < -0.4 is 0 Å². The minimum atomic E-state index is 1.23. The van der Waals surface area contributed by atoms with Gasteiger partial charge in [0.2, 0.25) is 5.04 Å². The first-order valence-electron chi connectivity index (χ1n) is 5.63. The summed E-state index contributed by atoms with van der Waals surface area (Å²) in [7, 11) is 0. The van der Waals surface area contributed by atoms with Crippen molar-refractivity contribution in [3.63, 3.8) is 0 Å². The van der Waals surface area contributed by atoms with Crippen LogP contribution in [0.25, 0.3) is 0 Å². The average Bonchev–Trinajstić information content (AvgIpc) is 2.33. The molecule has 1 aliphatic rings. The minimum Gasteiger partial charge on any atom is -0.224 e. The first kappa shape index (κ1) is 10.7. The molecule has 0 N–H and O–H groups in total. The lowest BCUT2D eigenvalue weighted by Gasteiger charge is -2.13. The summed E-state index contributed by atoms with van der Waals surface area (Å²) < 4.78 is 2.53. The van der Waals surface area contributed by atoms with Gasteiger partial charge in [0, 0.05) is 12.8 Å². The molecule has 1 nitrogen and oxygen atoms in total. The van der Waals surface area contributed by atoms with Gasteiger partial charge in [0.25, 0.3) is 0 Å². The number of hydrogen-bond donors (Lipinski definition) is 0. The van der Waals surface area contributed by atoms with Gasteiger partial charge in [-0.15, -0.1) is 0 Å². The van der Waals surface area contributed by atoms with Gasteiger partial charge in [0.15, 0.2) is 0 Å². The fourth-order valence-corrected chi connectivity index (χ4v) is 2.92. The molecule has 2 heteroatoms. The standard InChI is InChI=1S/C13H18NS/c1-15-13(12-8-4-2-5-9-12)14-10-6-3-7-11-14/h2,4-5,8-9H,3,6-7,10-11H2,1H3/q+1. The zero-order chi connectivity index (χ0) is 10.5. The molecule has 0 unspecified atom stereocenters. The predicted molar refractivity (Wildman–Crippen MR) is 67.9 cm³/mol. The van der Waals surface area contributed by atoms with Crippen LogP contribution in [0.4, 0.5) is 0 Å². The van der Waals surface area contributed by atoms with E-state index >= 15 is 0 Å². The largest absolute Gasteiger partial charge is 0.241 e. The SMILES string of the molecule is CSC(c1ccccc1)=[N+]1CCCCC1. The molecule has 1 aliphatic heterocycles. The maximum atomic E-state index is 2.53. The van der Waals surface area contributed by atoms with Gasteiger partial charge in [0.05, 0.1) is 5.56 Å². The highest BCUT2D eigenvalue weighted by Gasteiger charge is 2.18. The third kappa shape index (κ3) is 2.63. The molecule has 0 spiro atoms. The molecule has 1 fully saturated rings. The van der Waals surface area contributed by atoms with E-state index in [1.807, 2.05) is 11.8 Å². The lowest BCUT2D eigenvalue weighted by Crippen LogP contribution is -2.26. The zero-order valence-electron chi connectivity index (χ0n) is 9.28. The number of thioether (sulfide) groups is 1. The van der Waals surface area contributed by atoms with Crippen LogP contribution in [-0.2, 0) is 0 Å². The second-order valence-corrected chi connectivity index (χ2v) is 4.72. The Hall–Kier alpha value is -0.760. The summed E-state index contributed by atoms with van der Waals surface area (Å²) in [6, 6.07) is 10.7. The first-order chi connectivity index (χ1) is 7.42. The van der Waals surface area contributed by atoms with Crippen LogP contribution >= 0.6 is 11.8 Å². The van der Waals surface area contributed by atoms with Crippen LogP contribution in [0.2, 0.25) is 0 Å². The van der Waals surface area contributed by atoms with E-state index in [1.54, 1.807) is 0 Å². The van der Waals surface area contributed by atoms with Gasteiger partial charge in [-0.2, -0.15) is 0 Å². The van der Waals surface area contributed by atoms with E-state index in [9.17, 15) is 0 Å². The summed E-state index contributed by atoms with van der Waals surface area (Å²) in [6.45, 7) is 2.45. The number of hydrogen-bond acceptors (Lipinski definition) is 1. The van der Waals surface area contributed by atoms with Gasteiger partial charge in [-0.25, -0.2) is 4.58 Å². The van der Waals surface area contributed by atoms with Gasteiger partial charge < -0.3 is 0 Å². The first-order valence-corrected chi connectivity index (χ1v) is 6.85. The molecule has 0 amide bonds. The number of piperidine rings is 1. The summed E-state index contributed by atoms with van der Waals surface area (Å²) in [5, 5.41) is 1.44. The van der Waals surface area contributed by atoms with Crippen molar-refractivity contribution in [2.45, 2.75) is 19.3 Å². The molecule has 1 aromatic carbocycles. The van der Waals surface area contributed by atoms with Crippen molar-refractivity contribution in [2.24, 2.45) is 0 Å². The Morgan fingerprint density at radius 1 is 1.07 bits per heavy atom. The maximum absolute atomic E-state index is 2.53. The van der Waals surface area contributed by atoms with Crippen LogP contribution in [-0.4, -0.2) is 29.0 Å². The molecule has 0 saturated carbocycles. The highest BCUT2D eigenvalue weighted by molar-refractivity contribution is 8.13. The second-order valence-electron chi connectivity index (χ2n) is 3.92. The average molecular weight is 220 g/mol. The van der Waals surface area contributed by atoms with Crippen molar-refractivity contribution < 1.29 is 4.58 Å². The molecule has 1 aromatic rings. The van der Waals surface area contributed by atoms with E-state index in [-0.39, 0.29) is 0 Å². The highest BCUT2D eigenvalue weighted by Crippen LogP contribution is 2.14. The van der Waals surface area contributed by atoms with Crippen molar-refractivity contribution in [1.82, 2.24) is 0 Å². The Morgan fingerprint density at radius 3 is 2.33 bits per heavy atom. The van der Waals surface area contributed by atoms with Gasteiger partial charge in [-0.3, -0.25) is 0 Å². The van der Waals surface area contributed by atoms with Crippen LogP contribution in [0.5, 0.6) is 0 Å². The normalized spacial score (nSPS) is 16.5. The molecule has 0 bridgehead atoms. The van der Waals surface area contributed by atoms with Crippen molar-refractivity contribution >= 4 is 16.8 Å². The molecule has 0 radical (unpaired) electrons. The summed E-state index contributed by atoms with van der Waals surface area (Å²) in [4.78, 5) is 0. The number of benzene rings is 1. The third-order valence-electron chi connectivity index (χ3n) is 2.86. The van der Waals surface area contributed by atoms with Crippen molar-refractivity contribution in [3.05, 3.63) is 35.9 Å². The summed E-state index contributed by atoms with van der Waals surface area (Å²) in [5.74, 6) is 0. The van der Waals surface area contributed by atoms with Gasteiger partial charge in [-0.05, 0) is 24.8 Å². The molecular weight excluding hydrogens is 202 g/mol. The Balaban J connectivity index is 2.30. The van der Waals surface area contributed by atoms with E-state index in [0.29, 0.717) is 0 Å². The highest BCUT2D eigenvalue weighted by atomic mass is 32.2. The Labute approximate surface area is 96.2 Å². The topological polar surface area (TPSA) is 3.01 Å². The summed E-state index contributed by atoms with van der Waals surface area (Å²) in [5.41, 5.74) is 1.37. The molecule has 1 heterocycles. The molecule has 0 aromatic heterocycles. The van der Waals surface area contributed by atoms with Crippen molar-refractivity contribution in [3.8, 4) is 0 Å². The van der Waals surface area contributed by atoms with Crippen molar-refractivity contribution in [1.29, 1.82) is 0 Å². The van der Waals surface area contributed by atoms with Crippen LogP contribution in [0.15, 0.2) is 30.3 Å². The lowest BCUT2D eigenvalue weighted by atomic mass is 10.1. The fourth-order valence-electron chi connectivity index (χ4n) is 2.11. The predicted octanol–water partition coefficient (Wildman–Crippen LogP) is 2.99. The quantitative estimate of drug-likeness (QED) is 0.519. The third-order valence-corrected chi connectivity index (χ3v) is 3.74. The second kappa shape index (κ2) is 5.36. The fraction of sp³-hybridized carbons (Fsp3) is 0.462. The van der Waals surface area contributed by atoms with E-state index < -0.39 is 0 Å². The van der Waals surface area contributed by atoms with Gasteiger partial charge >= 0.3 is 0 Å². The molecule has 2 rings (SSSR count). The monoisotopic (exact) mass is 220 g/mol. The van der Waals surface area contributed by atoms with Gasteiger partial charge in [-0.1, -0.05) is 30.0 Å². The molecule has 0 aliphatic carbocycles. The summed E-state index contributed by atoms with van der Waals surface area (Å²) >= 11 is 1.87. The van der Waals surface area contributed by atoms with Crippen LogP contribution in [0.1, 0.15) is 24.8 Å². The molecular formula is C13H18NS+. The van der Waals surface area contributed by atoms with E-state index in [2.05, 4.69) is 41.2 Å². The minimum absolute atomic E-state index is 1.23. The van der Waals surface area contributed by atoms with E-state index in [0.717, 1.165) is 0 Å². The maximum Gasteiger partial charge on any atom is 0.241 e. The van der Waals surface area contributed by atoms with Crippen LogP contribution in [0, 0.1) is 0 Å². The Bertz CT molecular complexity index is 335. The van der Waals surface area contributed by atoms with Crippen molar-refractivity contribution in [2.75, 3.05) is 19.3 Å². The molecule has 15 heavy (non-hydrogen) atoms. The molecule has 0 atom stereocenters. The number of nitrogens with zero attached hydrogens (tertiary/aromatic N) is 1. The zero-order valence-corrected chi connectivity index (χ0v) is 10.1.